The molecule has 0 saturated carbocycles. The fraction of sp³-hybridized carbons (Fsp3) is 0.875. The van der Waals surface area contributed by atoms with E-state index in [1.165, 1.54) is 19.3 Å². The minimum atomic E-state index is -0.0389. The van der Waals surface area contributed by atoms with Gasteiger partial charge in [0.05, 0.1) is 5.38 Å². The number of rotatable bonds is 7. The van der Waals surface area contributed by atoms with Gasteiger partial charge < -0.3 is 4.74 Å². The van der Waals surface area contributed by atoms with Gasteiger partial charge in [0, 0.05) is 0 Å². The molecule has 0 bridgehead atoms. The lowest BCUT2D eigenvalue weighted by molar-refractivity contribution is 0.271. The van der Waals surface area contributed by atoms with Crippen molar-refractivity contribution in [1.29, 1.82) is 0 Å². The summed E-state index contributed by atoms with van der Waals surface area (Å²) in [6.07, 6.45) is 4.39. The van der Waals surface area contributed by atoms with Crippen molar-refractivity contribution < 1.29 is 9.53 Å². The predicted molar refractivity (Wildman–Crippen MR) is 45.4 cm³/mol. The molecule has 0 aromatic carbocycles. The van der Waals surface area contributed by atoms with E-state index in [1.807, 2.05) is 0 Å². The van der Waals surface area contributed by atoms with E-state index in [0.29, 0.717) is 0 Å². The molecule has 1 radical (unpaired) electrons. The van der Waals surface area contributed by atoms with Gasteiger partial charge in [-0.15, -0.1) is 11.6 Å². The van der Waals surface area contributed by atoms with Crippen LogP contribution in [0.25, 0.3) is 0 Å². The van der Waals surface area contributed by atoms with Gasteiger partial charge in [0.1, 0.15) is 6.61 Å². The summed E-state index contributed by atoms with van der Waals surface area (Å²) < 4.78 is 4.39. The Labute approximate surface area is 72.9 Å². The fourth-order valence-corrected chi connectivity index (χ4v) is 1.04. The van der Waals surface area contributed by atoms with Gasteiger partial charge in [0.15, 0.2) is 0 Å². The van der Waals surface area contributed by atoms with E-state index in [4.69, 9.17) is 11.6 Å². The Kier molecular flexibility index (Phi) is 7.69. The molecule has 0 spiro atoms. The number of alkyl halides is 1. The normalized spacial score (nSPS) is 12.5. The van der Waals surface area contributed by atoms with E-state index in [9.17, 15) is 4.79 Å². The van der Waals surface area contributed by atoms with Gasteiger partial charge in [-0.1, -0.05) is 26.2 Å². The highest BCUT2D eigenvalue weighted by molar-refractivity contribution is 6.20. The summed E-state index contributed by atoms with van der Waals surface area (Å²) in [5.41, 5.74) is 0. The van der Waals surface area contributed by atoms with Crippen molar-refractivity contribution >= 4 is 18.1 Å². The van der Waals surface area contributed by atoms with Crippen LogP contribution in [-0.2, 0) is 9.53 Å². The Bertz CT molecular complexity index is 96.1. The molecule has 2 nitrogen and oxygen atoms in total. The van der Waals surface area contributed by atoms with E-state index in [2.05, 4.69) is 11.7 Å². The molecule has 65 valence electrons. The van der Waals surface area contributed by atoms with Gasteiger partial charge in [-0.25, -0.2) is 4.79 Å². The first-order valence-corrected chi connectivity index (χ1v) is 4.38. The van der Waals surface area contributed by atoms with Gasteiger partial charge >= 0.3 is 6.47 Å². The van der Waals surface area contributed by atoms with E-state index in [-0.39, 0.29) is 12.0 Å². The molecule has 0 aromatic rings. The number of carbonyl (C=O) groups excluding carboxylic acids is 1. The van der Waals surface area contributed by atoms with Crippen molar-refractivity contribution in [2.45, 2.75) is 38.0 Å². The zero-order valence-corrected chi connectivity index (χ0v) is 7.56. The average molecular weight is 178 g/mol. The van der Waals surface area contributed by atoms with Crippen LogP contribution in [-0.4, -0.2) is 18.5 Å². The standard InChI is InChI=1S/C8H14ClO2/c1-2-3-4-5-8(9)6-11-7-10/h8H,2-6H2,1H3. The third kappa shape index (κ3) is 7.66. The number of ether oxygens (including phenoxy) is 1. The molecule has 0 N–H and O–H groups in total. The van der Waals surface area contributed by atoms with E-state index >= 15 is 0 Å². The van der Waals surface area contributed by atoms with Gasteiger partial charge in [0.2, 0.25) is 0 Å². The molecule has 0 heterocycles. The van der Waals surface area contributed by atoms with Gasteiger partial charge in [-0.3, -0.25) is 0 Å². The van der Waals surface area contributed by atoms with Crippen molar-refractivity contribution in [2.75, 3.05) is 6.61 Å². The van der Waals surface area contributed by atoms with Crippen LogP contribution in [0.2, 0.25) is 0 Å². The average Bonchev–Trinajstić information content (AvgIpc) is 2.01. The van der Waals surface area contributed by atoms with Crippen LogP contribution in [0.15, 0.2) is 0 Å². The smallest absolute Gasteiger partial charge is 0.417 e. The highest BCUT2D eigenvalue weighted by atomic mass is 35.5. The zero-order valence-electron chi connectivity index (χ0n) is 6.81. The quantitative estimate of drug-likeness (QED) is 0.441. The van der Waals surface area contributed by atoms with Crippen molar-refractivity contribution in [2.24, 2.45) is 0 Å². The summed E-state index contributed by atoms with van der Waals surface area (Å²) in [5.74, 6) is 0. The third-order valence-corrected chi connectivity index (χ3v) is 1.79. The SMILES string of the molecule is CCCCCC(Cl)CO[C]=O. The van der Waals surface area contributed by atoms with Crippen molar-refractivity contribution in [3.8, 4) is 0 Å². The third-order valence-electron chi connectivity index (χ3n) is 1.44. The van der Waals surface area contributed by atoms with Crippen LogP contribution in [0.5, 0.6) is 0 Å². The molecule has 0 fully saturated rings. The molecule has 0 amide bonds. The molecular formula is C8H14ClO2. The Morgan fingerprint density at radius 2 is 2.27 bits per heavy atom. The molecule has 0 saturated heterocycles. The van der Waals surface area contributed by atoms with Crippen LogP contribution >= 0.6 is 11.6 Å². The molecule has 0 rings (SSSR count). The topological polar surface area (TPSA) is 26.3 Å². The highest BCUT2D eigenvalue weighted by Crippen LogP contribution is 2.08. The number of hydrogen-bond acceptors (Lipinski definition) is 2. The molecule has 3 heteroatoms. The van der Waals surface area contributed by atoms with Crippen LogP contribution in [0.1, 0.15) is 32.6 Å². The van der Waals surface area contributed by atoms with E-state index in [0.717, 1.165) is 12.8 Å². The fourth-order valence-electron chi connectivity index (χ4n) is 0.824. The molecule has 1 atom stereocenters. The van der Waals surface area contributed by atoms with Gasteiger partial charge in [-0.2, -0.15) is 0 Å². The van der Waals surface area contributed by atoms with Crippen LogP contribution < -0.4 is 0 Å². The molecular weight excluding hydrogens is 164 g/mol. The van der Waals surface area contributed by atoms with E-state index < -0.39 is 0 Å². The summed E-state index contributed by atoms with van der Waals surface area (Å²) in [5, 5.41) is -0.0389. The Morgan fingerprint density at radius 3 is 2.82 bits per heavy atom. The maximum Gasteiger partial charge on any atom is 0.417 e. The molecule has 0 aliphatic heterocycles. The lowest BCUT2D eigenvalue weighted by atomic mass is 10.2. The van der Waals surface area contributed by atoms with E-state index in [1.54, 1.807) is 0 Å². The monoisotopic (exact) mass is 177 g/mol. The minimum Gasteiger partial charge on any atom is -0.456 e. The number of unbranched alkanes of at least 4 members (excludes halogenated alkanes) is 2. The lowest BCUT2D eigenvalue weighted by Crippen LogP contribution is -2.07. The predicted octanol–water partition coefficient (Wildman–Crippen LogP) is 2.26. The number of hydrogen-bond donors (Lipinski definition) is 0. The zero-order chi connectivity index (χ0) is 8.53. The van der Waals surface area contributed by atoms with Gasteiger partial charge in [-0.05, 0) is 6.42 Å². The second kappa shape index (κ2) is 7.86. The Morgan fingerprint density at radius 1 is 1.55 bits per heavy atom. The molecule has 0 aliphatic rings. The second-order valence-corrected chi connectivity index (χ2v) is 3.10. The Balaban J connectivity index is 3.08. The van der Waals surface area contributed by atoms with Crippen molar-refractivity contribution in [3.63, 3.8) is 0 Å². The van der Waals surface area contributed by atoms with Crippen LogP contribution in [0.3, 0.4) is 0 Å². The summed E-state index contributed by atoms with van der Waals surface area (Å²) in [7, 11) is 0. The first kappa shape index (κ1) is 10.8. The largest absolute Gasteiger partial charge is 0.456 e. The van der Waals surface area contributed by atoms with Crippen LogP contribution in [0.4, 0.5) is 0 Å². The first-order valence-electron chi connectivity index (χ1n) is 3.94. The first-order chi connectivity index (χ1) is 5.31. The minimum absolute atomic E-state index is 0.0389. The molecule has 0 aliphatic carbocycles. The maximum absolute atomic E-state index is 9.63. The highest BCUT2D eigenvalue weighted by Gasteiger charge is 2.03. The molecule has 0 aromatic heterocycles. The van der Waals surface area contributed by atoms with Crippen LogP contribution in [0, 0.1) is 0 Å². The summed E-state index contributed by atoms with van der Waals surface area (Å²) >= 11 is 5.79. The summed E-state index contributed by atoms with van der Waals surface area (Å²) in [4.78, 5) is 9.63. The maximum atomic E-state index is 9.63. The van der Waals surface area contributed by atoms with Crippen molar-refractivity contribution in [1.82, 2.24) is 0 Å². The lowest BCUT2D eigenvalue weighted by Gasteiger charge is -2.05. The molecule has 1 unspecified atom stereocenters. The summed E-state index contributed by atoms with van der Waals surface area (Å²) in [6, 6.07) is 0. The van der Waals surface area contributed by atoms with Crippen molar-refractivity contribution in [3.05, 3.63) is 0 Å². The second-order valence-electron chi connectivity index (χ2n) is 2.49. The molecule has 11 heavy (non-hydrogen) atoms. The van der Waals surface area contributed by atoms with Gasteiger partial charge in [0.25, 0.3) is 0 Å². The Hall–Kier alpha value is -0.240. The summed E-state index contributed by atoms with van der Waals surface area (Å²) in [6.45, 7) is 3.78. The number of halogens is 1.